The standard InChI is InChI=1S/C13H11BrClFS/c1-8-7-17-13(12(8)15)10(14)6-9-4-2-3-5-11(9)16/h2-5,7,10H,6H2,1H3. The van der Waals surface area contributed by atoms with Crippen molar-refractivity contribution in [1.29, 1.82) is 0 Å². The van der Waals surface area contributed by atoms with Crippen molar-refractivity contribution >= 4 is 38.9 Å². The third-order valence-corrected chi connectivity index (χ3v) is 5.48. The van der Waals surface area contributed by atoms with E-state index in [1.54, 1.807) is 23.5 Å². The molecule has 0 spiro atoms. The Bertz CT molecular complexity index is 524. The van der Waals surface area contributed by atoms with Gasteiger partial charge in [-0.15, -0.1) is 11.3 Å². The molecule has 0 N–H and O–H groups in total. The second-order valence-electron chi connectivity index (χ2n) is 3.86. The maximum Gasteiger partial charge on any atom is 0.126 e. The summed E-state index contributed by atoms with van der Waals surface area (Å²) in [6.45, 7) is 1.98. The molecule has 2 aromatic rings. The van der Waals surface area contributed by atoms with Crippen molar-refractivity contribution < 1.29 is 4.39 Å². The van der Waals surface area contributed by atoms with E-state index in [1.165, 1.54) is 6.07 Å². The first-order chi connectivity index (χ1) is 8.09. The normalized spacial score (nSPS) is 12.7. The van der Waals surface area contributed by atoms with Gasteiger partial charge in [0.1, 0.15) is 5.82 Å². The lowest BCUT2D eigenvalue weighted by atomic mass is 10.1. The Morgan fingerprint density at radius 1 is 1.41 bits per heavy atom. The number of aryl methyl sites for hydroxylation is 1. The number of thiophene rings is 1. The van der Waals surface area contributed by atoms with Crippen LogP contribution in [0.4, 0.5) is 4.39 Å². The van der Waals surface area contributed by atoms with Crippen molar-refractivity contribution in [3.8, 4) is 0 Å². The Morgan fingerprint density at radius 3 is 2.71 bits per heavy atom. The van der Waals surface area contributed by atoms with Crippen LogP contribution in [0.2, 0.25) is 5.02 Å². The minimum absolute atomic E-state index is 0.0607. The van der Waals surface area contributed by atoms with Gasteiger partial charge in [0.25, 0.3) is 0 Å². The Labute approximate surface area is 118 Å². The number of hydrogen-bond donors (Lipinski definition) is 0. The highest BCUT2D eigenvalue weighted by Gasteiger charge is 2.17. The van der Waals surface area contributed by atoms with E-state index in [1.807, 2.05) is 18.4 Å². The first kappa shape index (κ1) is 13.1. The molecule has 0 saturated heterocycles. The van der Waals surface area contributed by atoms with Crippen molar-refractivity contribution in [3.05, 3.63) is 56.5 Å². The van der Waals surface area contributed by atoms with Gasteiger partial charge in [0.05, 0.1) is 9.85 Å². The molecule has 0 nitrogen and oxygen atoms in total. The quantitative estimate of drug-likeness (QED) is 0.648. The van der Waals surface area contributed by atoms with E-state index in [0.717, 1.165) is 15.5 Å². The molecule has 1 aromatic carbocycles. The lowest BCUT2D eigenvalue weighted by Crippen LogP contribution is -1.96. The lowest BCUT2D eigenvalue weighted by molar-refractivity contribution is 0.608. The molecule has 1 unspecified atom stereocenters. The van der Waals surface area contributed by atoms with Gasteiger partial charge in [0.2, 0.25) is 0 Å². The van der Waals surface area contributed by atoms with Gasteiger partial charge in [-0.2, -0.15) is 0 Å². The highest BCUT2D eigenvalue weighted by atomic mass is 79.9. The Morgan fingerprint density at radius 2 is 2.12 bits per heavy atom. The smallest absolute Gasteiger partial charge is 0.126 e. The van der Waals surface area contributed by atoms with Crippen LogP contribution in [0, 0.1) is 12.7 Å². The van der Waals surface area contributed by atoms with Crippen LogP contribution in [0.5, 0.6) is 0 Å². The molecule has 1 heterocycles. The predicted molar refractivity (Wildman–Crippen MR) is 75.8 cm³/mol. The van der Waals surface area contributed by atoms with Crippen LogP contribution >= 0.6 is 38.9 Å². The number of alkyl halides is 1. The number of hydrogen-bond acceptors (Lipinski definition) is 1. The zero-order valence-electron chi connectivity index (χ0n) is 9.21. The molecule has 0 aliphatic carbocycles. The maximum absolute atomic E-state index is 13.5. The average Bonchev–Trinajstić information content (AvgIpc) is 2.63. The first-order valence-corrected chi connectivity index (χ1v) is 7.38. The Hall–Kier alpha value is -0.380. The molecular weight excluding hydrogens is 323 g/mol. The van der Waals surface area contributed by atoms with E-state index < -0.39 is 0 Å². The predicted octanol–water partition coefficient (Wildman–Crippen LogP) is 5.53. The third kappa shape index (κ3) is 2.90. The third-order valence-electron chi connectivity index (χ3n) is 2.57. The molecule has 0 bridgehead atoms. The van der Waals surface area contributed by atoms with Gasteiger partial charge in [-0.05, 0) is 35.9 Å². The molecule has 90 valence electrons. The van der Waals surface area contributed by atoms with E-state index in [4.69, 9.17) is 11.6 Å². The molecule has 0 aliphatic heterocycles. The average molecular weight is 334 g/mol. The van der Waals surface area contributed by atoms with Gasteiger partial charge in [-0.3, -0.25) is 0 Å². The minimum atomic E-state index is -0.165. The molecule has 0 aliphatic rings. The Kier molecular flexibility index (Phi) is 4.23. The number of benzene rings is 1. The highest BCUT2D eigenvalue weighted by molar-refractivity contribution is 9.09. The zero-order chi connectivity index (χ0) is 12.4. The van der Waals surface area contributed by atoms with E-state index >= 15 is 0 Å². The summed E-state index contributed by atoms with van der Waals surface area (Å²) >= 11 is 11.4. The second kappa shape index (κ2) is 5.51. The summed E-state index contributed by atoms with van der Waals surface area (Å²) in [5, 5.41) is 2.81. The Balaban J connectivity index is 2.20. The molecule has 1 aromatic heterocycles. The van der Waals surface area contributed by atoms with Crippen molar-refractivity contribution in [2.45, 2.75) is 18.2 Å². The highest BCUT2D eigenvalue weighted by Crippen LogP contribution is 2.38. The van der Waals surface area contributed by atoms with Crippen LogP contribution in [-0.4, -0.2) is 0 Å². The lowest BCUT2D eigenvalue weighted by Gasteiger charge is -2.09. The molecule has 1 atom stereocenters. The molecule has 0 amide bonds. The van der Waals surface area contributed by atoms with Crippen LogP contribution in [0.15, 0.2) is 29.6 Å². The van der Waals surface area contributed by atoms with Crippen LogP contribution in [-0.2, 0) is 6.42 Å². The summed E-state index contributed by atoms with van der Waals surface area (Å²) in [4.78, 5) is 1.12. The SMILES string of the molecule is Cc1csc(C(Br)Cc2ccccc2F)c1Cl. The van der Waals surface area contributed by atoms with Crippen LogP contribution in [0.1, 0.15) is 20.8 Å². The van der Waals surface area contributed by atoms with E-state index in [9.17, 15) is 4.39 Å². The summed E-state index contributed by atoms with van der Waals surface area (Å²) in [5.41, 5.74) is 1.78. The monoisotopic (exact) mass is 332 g/mol. The van der Waals surface area contributed by atoms with E-state index in [0.29, 0.717) is 12.0 Å². The molecule has 17 heavy (non-hydrogen) atoms. The van der Waals surface area contributed by atoms with Gasteiger partial charge in [-0.1, -0.05) is 45.7 Å². The molecule has 0 fully saturated rings. The van der Waals surface area contributed by atoms with Crippen molar-refractivity contribution in [3.63, 3.8) is 0 Å². The summed E-state index contributed by atoms with van der Waals surface area (Å²) in [6, 6.07) is 6.83. The fourth-order valence-electron chi connectivity index (χ4n) is 1.61. The molecule has 2 rings (SSSR count). The van der Waals surface area contributed by atoms with Gasteiger partial charge in [0, 0.05) is 4.88 Å². The molecule has 4 heteroatoms. The topological polar surface area (TPSA) is 0 Å². The largest absolute Gasteiger partial charge is 0.207 e. The van der Waals surface area contributed by atoms with Crippen molar-refractivity contribution in [1.82, 2.24) is 0 Å². The van der Waals surface area contributed by atoms with Gasteiger partial charge >= 0.3 is 0 Å². The summed E-state index contributed by atoms with van der Waals surface area (Å²) in [6.07, 6.45) is 0.604. The summed E-state index contributed by atoms with van der Waals surface area (Å²) in [5.74, 6) is -0.165. The zero-order valence-corrected chi connectivity index (χ0v) is 12.4. The summed E-state index contributed by atoms with van der Waals surface area (Å²) in [7, 11) is 0. The van der Waals surface area contributed by atoms with Crippen molar-refractivity contribution in [2.24, 2.45) is 0 Å². The van der Waals surface area contributed by atoms with E-state index in [-0.39, 0.29) is 10.6 Å². The number of rotatable bonds is 3. The fraction of sp³-hybridized carbons (Fsp3) is 0.231. The molecule has 0 saturated carbocycles. The van der Waals surface area contributed by atoms with Crippen LogP contribution < -0.4 is 0 Å². The number of halogens is 3. The van der Waals surface area contributed by atoms with E-state index in [2.05, 4.69) is 15.9 Å². The summed E-state index contributed by atoms with van der Waals surface area (Å²) < 4.78 is 13.5. The van der Waals surface area contributed by atoms with Crippen LogP contribution in [0.25, 0.3) is 0 Å². The first-order valence-electron chi connectivity index (χ1n) is 5.20. The maximum atomic E-state index is 13.5. The van der Waals surface area contributed by atoms with Crippen molar-refractivity contribution in [2.75, 3.05) is 0 Å². The fourth-order valence-corrected chi connectivity index (χ4v) is 3.95. The molecule has 0 radical (unpaired) electrons. The van der Waals surface area contributed by atoms with Gasteiger partial charge in [-0.25, -0.2) is 4.39 Å². The molecular formula is C13H11BrClFS. The van der Waals surface area contributed by atoms with Gasteiger partial charge in [0.15, 0.2) is 0 Å². The minimum Gasteiger partial charge on any atom is -0.207 e. The van der Waals surface area contributed by atoms with Crippen LogP contribution in [0.3, 0.4) is 0 Å². The van der Waals surface area contributed by atoms with Gasteiger partial charge < -0.3 is 0 Å². The second-order valence-corrected chi connectivity index (χ2v) is 6.25.